The second kappa shape index (κ2) is 2.23. The Labute approximate surface area is 62.9 Å². The van der Waals surface area contributed by atoms with Crippen LogP contribution in [0.25, 0.3) is 0 Å². The second-order valence-electron chi connectivity index (χ2n) is 3.67. The Balaban J connectivity index is 2.96. The van der Waals surface area contributed by atoms with Gasteiger partial charge in [0, 0.05) is 18.6 Å². The smallest absolute Gasteiger partial charge is 0.103 e. The fraction of sp³-hybridized carbons (Fsp3) is 0.571. The van der Waals surface area contributed by atoms with Gasteiger partial charge in [-0.25, -0.2) is 4.98 Å². The molecule has 0 unspecified atom stereocenters. The predicted molar refractivity (Wildman–Crippen MR) is 46.2 cm³/mol. The minimum Gasteiger partial charge on any atom is -0.341 e. The van der Waals surface area contributed by atoms with Gasteiger partial charge >= 0.3 is 0 Å². The molecule has 1 heterocycles. The summed E-state index contributed by atoms with van der Waals surface area (Å²) in [6.45, 7) is 6.90. The molecule has 1 rings (SSSR count). The summed E-state index contributed by atoms with van der Waals surface area (Å²) in [4.78, 5) is 4.31. The summed E-state index contributed by atoms with van der Waals surface area (Å²) >= 11 is 0. The molecule has 1 aromatic heterocycles. The van der Waals surface area contributed by atoms with Gasteiger partial charge in [-0.15, -0.1) is 0 Å². The van der Waals surface area contributed by atoms with Gasteiger partial charge in [0.1, 0.15) is 8.07 Å². The van der Waals surface area contributed by atoms with Crippen LogP contribution in [0.15, 0.2) is 12.5 Å². The van der Waals surface area contributed by atoms with E-state index in [9.17, 15) is 0 Å². The van der Waals surface area contributed by atoms with Crippen LogP contribution in [0.5, 0.6) is 0 Å². The predicted octanol–water partition coefficient (Wildman–Crippen LogP) is 0.965. The van der Waals surface area contributed by atoms with E-state index in [0.29, 0.717) is 0 Å². The number of aryl methyl sites for hydroxylation is 1. The Morgan fingerprint density at radius 1 is 1.40 bits per heavy atom. The molecular formula is C7H14N2Si. The van der Waals surface area contributed by atoms with Crippen LogP contribution < -0.4 is 5.32 Å². The number of hydrogen-bond donors (Lipinski definition) is 0. The van der Waals surface area contributed by atoms with Crippen LogP contribution in [0.2, 0.25) is 19.6 Å². The van der Waals surface area contributed by atoms with Gasteiger partial charge in [-0.3, -0.25) is 0 Å². The van der Waals surface area contributed by atoms with E-state index < -0.39 is 8.07 Å². The SMILES string of the molecule is Cn1cnc([Si](C)(C)C)c1. The summed E-state index contributed by atoms with van der Waals surface area (Å²) in [6.07, 6.45) is 3.99. The highest BCUT2D eigenvalue weighted by atomic mass is 28.3. The number of imidazole rings is 1. The topological polar surface area (TPSA) is 17.8 Å². The highest BCUT2D eigenvalue weighted by Gasteiger charge is 2.18. The van der Waals surface area contributed by atoms with E-state index in [1.165, 1.54) is 5.32 Å². The molecule has 2 nitrogen and oxygen atoms in total. The van der Waals surface area contributed by atoms with Crippen molar-refractivity contribution in [2.24, 2.45) is 7.05 Å². The third kappa shape index (κ3) is 1.47. The summed E-state index contributed by atoms with van der Waals surface area (Å²) in [5.41, 5.74) is 0. The molecule has 0 aromatic carbocycles. The average molecular weight is 154 g/mol. The lowest BCUT2D eigenvalue weighted by molar-refractivity contribution is 0.913. The van der Waals surface area contributed by atoms with Crippen molar-refractivity contribution >= 4 is 13.4 Å². The lowest BCUT2D eigenvalue weighted by Gasteiger charge is -2.10. The minimum atomic E-state index is -1.14. The van der Waals surface area contributed by atoms with Gasteiger partial charge in [0.2, 0.25) is 0 Å². The summed E-state index contributed by atoms with van der Waals surface area (Å²) in [6, 6.07) is 0. The van der Waals surface area contributed by atoms with Crippen LogP contribution in [0.1, 0.15) is 0 Å². The Morgan fingerprint density at radius 3 is 2.20 bits per heavy atom. The molecule has 1 aromatic rings. The van der Waals surface area contributed by atoms with E-state index in [2.05, 4.69) is 30.8 Å². The molecule has 0 bridgehead atoms. The molecule has 0 N–H and O–H groups in total. The molecule has 0 amide bonds. The Kier molecular flexibility index (Phi) is 1.68. The first-order chi connectivity index (χ1) is 4.50. The highest BCUT2D eigenvalue weighted by Crippen LogP contribution is 1.98. The van der Waals surface area contributed by atoms with Crippen LogP contribution >= 0.6 is 0 Å². The molecule has 0 saturated heterocycles. The molecule has 0 aliphatic rings. The van der Waals surface area contributed by atoms with Crippen LogP contribution in [0.4, 0.5) is 0 Å². The minimum absolute atomic E-state index is 1.14. The Hall–Kier alpha value is -0.573. The lowest BCUT2D eigenvalue weighted by Crippen LogP contribution is -2.38. The van der Waals surface area contributed by atoms with Gasteiger partial charge in [0.05, 0.1) is 6.33 Å². The number of hydrogen-bond acceptors (Lipinski definition) is 1. The standard InChI is InChI=1S/C7H14N2Si/c1-9-5-7(8-6-9)10(2,3)4/h5-6H,1-4H3. The van der Waals surface area contributed by atoms with Gasteiger partial charge in [-0.1, -0.05) is 19.6 Å². The molecule has 3 heteroatoms. The van der Waals surface area contributed by atoms with Gasteiger partial charge in [0.25, 0.3) is 0 Å². The van der Waals surface area contributed by atoms with Gasteiger partial charge in [0.15, 0.2) is 0 Å². The van der Waals surface area contributed by atoms with Crippen LogP contribution in [-0.4, -0.2) is 17.6 Å². The number of rotatable bonds is 1. The van der Waals surface area contributed by atoms with Gasteiger partial charge < -0.3 is 4.57 Å². The molecular weight excluding hydrogens is 140 g/mol. The Morgan fingerprint density at radius 2 is 2.00 bits per heavy atom. The molecule has 0 saturated carbocycles. The molecule has 0 fully saturated rings. The van der Waals surface area contributed by atoms with Crippen molar-refractivity contribution in [3.8, 4) is 0 Å². The summed E-state index contributed by atoms with van der Waals surface area (Å²) in [5, 5.41) is 1.29. The molecule has 0 aliphatic carbocycles. The first kappa shape index (κ1) is 7.53. The number of nitrogens with zero attached hydrogens (tertiary/aromatic N) is 2. The zero-order valence-electron chi connectivity index (χ0n) is 7.05. The summed E-state index contributed by atoms with van der Waals surface area (Å²) < 4.78 is 2.01. The van der Waals surface area contributed by atoms with E-state index in [-0.39, 0.29) is 0 Å². The van der Waals surface area contributed by atoms with E-state index >= 15 is 0 Å². The first-order valence-electron chi connectivity index (χ1n) is 3.48. The van der Waals surface area contributed by atoms with E-state index in [0.717, 1.165) is 0 Å². The third-order valence-electron chi connectivity index (χ3n) is 1.47. The maximum absolute atomic E-state index is 4.31. The van der Waals surface area contributed by atoms with Crippen molar-refractivity contribution in [2.75, 3.05) is 0 Å². The van der Waals surface area contributed by atoms with Crippen molar-refractivity contribution < 1.29 is 0 Å². The monoisotopic (exact) mass is 154 g/mol. The molecule has 10 heavy (non-hydrogen) atoms. The quantitative estimate of drug-likeness (QED) is 0.551. The van der Waals surface area contributed by atoms with Crippen molar-refractivity contribution in [3.63, 3.8) is 0 Å². The van der Waals surface area contributed by atoms with E-state index in [1.807, 2.05) is 17.9 Å². The molecule has 0 radical (unpaired) electrons. The normalized spacial score (nSPS) is 12.0. The maximum atomic E-state index is 4.31. The third-order valence-corrected chi connectivity index (χ3v) is 3.27. The van der Waals surface area contributed by atoms with Crippen LogP contribution in [0, 0.1) is 0 Å². The lowest BCUT2D eigenvalue weighted by atomic mass is 10.9. The maximum Gasteiger partial charge on any atom is 0.103 e. The van der Waals surface area contributed by atoms with Crippen molar-refractivity contribution in [1.29, 1.82) is 0 Å². The van der Waals surface area contributed by atoms with Crippen molar-refractivity contribution in [2.45, 2.75) is 19.6 Å². The molecule has 56 valence electrons. The van der Waals surface area contributed by atoms with Crippen molar-refractivity contribution in [1.82, 2.24) is 9.55 Å². The fourth-order valence-electron chi connectivity index (χ4n) is 0.800. The second-order valence-corrected chi connectivity index (χ2v) is 8.69. The largest absolute Gasteiger partial charge is 0.341 e. The molecule has 0 atom stereocenters. The van der Waals surface area contributed by atoms with Gasteiger partial charge in [-0.05, 0) is 0 Å². The summed E-state index contributed by atoms with van der Waals surface area (Å²) in [7, 11) is 0.866. The number of aromatic nitrogens is 2. The molecule has 0 spiro atoms. The Bertz CT molecular complexity index is 222. The zero-order valence-corrected chi connectivity index (χ0v) is 8.05. The molecule has 0 aliphatic heterocycles. The van der Waals surface area contributed by atoms with Crippen LogP contribution in [0.3, 0.4) is 0 Å². The first-order valence-corrected chi connectivity index (χ1v) is 6.98. The van der Waals surface area contributed by atoms with E-state index in [4.69, 9.17) is 0 Å². The van der Waals surface area contributed by atoms with Gasteiger partial charge in [-0.2, -0.15) is 0 Å². The fourth-order valence-corrected chi connectivity index (χ4v) is 1.84. The summed E-state index contributed by atoms with van der Waals surface area (Å²) in [5.74, 6) is 0. The zero-order chi connectivity index (χ0) is 7.78. The van der Waals surface area contributed by atoms with E-state index in [1.54, 1.807) is 0 Å². The van der Waals surface area contributed by atoms with Crippen molar-refractivity contribution in [3.05, 3.63) is 12.5 Å². The van der Waals surface area contributed by atoms with Crippen LogP contribution in [-0.2, 0) is 7.05 Å². The average Bonchev–Trinajstić information content (AvgIpc) is 2.11. The highest BCUT2D eigenvalue weighted by molar-refractivity contribution is 6.88.